The number of aromatic nitrogens is 3. The molecule has 1 aliphatic rings. The van der Waals surface area contributed by atoms with E-state index in [1.165, 1.54) is 11.6 Å². The predicted molar refractivity (Wildman–Crippen MR) is 107 cm³/mol. The van der Waals surface area contributed by atoms with Crippen molar-refractivity contribution in [3.05, 3.63) is 64.7 Å². The van der Waals surface area contributed by atoms with Crippen LogP contribution in [0.15, 0.2) is 42.5 Å². The Morgan fingerprint density at radius 2 is 1.93 bits per heavy atom. The van der Waals surface area contributed by atoms with Crippen molar-refractivity contribution in [3.63, 3.8) is 0 Å². The molecule has 0 saturated heterocycles. The van der Waals surface area contributed by atoms with Crippen LogP contribution in [0.2, 0.25) is 5.02 Å². The van der Waals surface area contributed by atoms with Gasteiger partial charge in [-0.25, -0.2) is 9.67 Å². The number of fused-ring (bicyclic) bond motifs is 1. The second kappa shape index (κ2) is 7.09. The van der Waals surface area contributed by atoms with E-state index in [9.17, 15) is 9.59 Å². The van der Waals surface area contributed by atoms with Crippen molar-refractivity contribution >= 4 is 34.8 Å². The smallest absolute Gasteiger partial charge is 0.295 e. The number of rotatable bonds is 3. The summed E-state index contributed by atoms with van der Waals surface area (Å²) in [6, 6.07) is 12.8. The van der Waals surface area contributed by atoms with Crippen molar-refractivity contribution < 1.29 is 9.59 Å². The van der Waals surface area contributed by atoms with E-state index < -0.39 is 5.91 Å². The Morgan fingerprint density at radius 1 is 1.14 bits per heavy atom. The van der Waals surface area contributed by atoms with Crippen LogP contribution in [0, 0.1) is 6.92 Å². The van der Waals surface area contributed by atoms with E-state index in [0.29, 0.717) is 28.8 Å². The molecule has 1 N–H and O–H groups in total. The first-order valence-electron chi connectivity index (χ1n) is 8.85. The van der Waals surface area contributed by atoms with Crippen LogP contribution in [0.4, 0.5) is 11.4 Å². The molecule has 0 fully saturated rings. The molecule has 7 nitrogen and oxygen atoms in total. The molecule has 0 atom stereocenters. The zero-order valence-corrected chi connectivity index (χ0v) is 16.2. The van der Waals surface area contributed by atoms with Crippen molar-refractivity contribution in [3.8, 4) is 5.69 Å². The van der Waals surface area contributed by atoms with E-state index in [0.717, 1.165) is 17.7 Å². The average Bonchev–Trinajstić information content (AvgIpc) is 3.27. The summed E-state index contributed by atoms with van der Waals surface area (Å²) in [4.78, 5) is 30.7. The SMILES string of the molecule is CC(=O)N1CCc2cccc(NC(=O)c3nc(C)n(-c4ccccc4Cl)n3)c21. The normalized spacial score (nSPS) is 12.8. The maximum absolute atomic E-state index is 12.8. The predicted octanol–water partition coefficient (Wildman–Crippen LogP) is 3.39. The summed E-state index contributed by atoms with van der Waals surface area (Å²) >= 11 is 6.23. The summed E-state index contributed by atoms with van der Waals surface area (Å²) in [6.45, 7) is 3.88. The van der Waals surface area contributed by atoms with Crippen LogP contribution in [0.25, 0.3) is 5.69 Å². The molecule has 3 aromatic rings. The lowest BCUT2D eigenvalue weighted by Crippen LogP contribution is -2.27. The van der Waals surface area contributed by atoms with Gasteiger partial charge in [0.05, 0.1) is 22.1 Å². The molecule has 0 saturated carbocycles. The van der Waals surface area contributed by atoms with Crippen LogP contribution in [0.5, 0.6) is 0 Å². The molecule has 0 spiro atoms. The molecular formula is C20H18ClN5O2. The molecule has 1 aromatic heterocycles. The molecule has 0 unspecified atom stereocenters. The Morgan fingerprint density at radius 3 is 2.68 bits per heavy atom. The number of halogens is 1. The second-order valence-electron chi connectivity index (χ2n) is 6.53. The van der Waals surface area contributed by atoms with E-state index in [1.807, 2.05) is 24.3 Å². The van der Waals surface area contributed by atoms with Crippen molar-refractivity contribution in [1.29, 1.82) is 0 Å². The Labute approximate surface area is 166 Å². The largest absolute Gasteiger partial charge is 0.317 e. The molecule has 2 aromatic carbocycles. The van der Waals surface area contributed by atoms with Gasteiger partial charge >= 0.3 is 0 Å². The second-order valence-corrected chi connectivity index (χ2v) is 6.94. The fourth-order valence-electron chi connectivity index (χ4n) is 3.39. The highest BCUT2D eigenvalue weighted by Gasteiger charge is 2.26. The van der Waals surface area contributed by atoms with Gasteiger partial charge in [0.15, 0.2) is 0 Å². The maximum Gasteiger partial charge on any atom is 0.295 e. The number of nitrogens with zero attached hydrogens (tertiary/aromatic N) is 4. The van der Waals surface area contributed by atoms with Gasteiger partial charge < -0.3 is 10.2 Å². The van der Waals surface area contributed by atoms with Gasteiger partial charge in [-0.05, 0) is 37.1 Å². The Kier molecular flexibility index (Phi) is 4.60. The molecule has 0 radical (unpaired) electrons. The topological polar surface area (TPSA) is 80.1 Å². The van der Waals surface area contributed by atoms with Gasteiger partial charge in [0.2, 0.25) is 11.7 Å². The van der Waals surface area contributed by atoms with Gasteiger partial charge in [0.25, 0.3) is 5.91 Å². The third-order valence-electron chi connectivity index (χ3n) is 4.68. The summed E-state index contributed by atoms with van der Waals surface area (Å²) in [6.07, 6.45) is 0.761. The zero-order valence-electron chi connectivity index (χ0n) is 15.4. The minimum Gasteiger partial charge on any atom is -0.317 e. The third-order valence-corrected chi connectivity index (χ3v) is 4.99. The van der Waals surface area contributed by atoms with E-state index in [1.54, 1.807) is 30.0 Å². The van der Waals surface area contributed by atoms with Crippen LogP contribution in [-0.2, 0) is 11.2 Å². The van der Waals surface area contributed by atoms with Crippen LogP contribution in [-0.4, -0.2) is 33.1 Å². The number of para-hydroxylation sites is 2. The van der Waals surface area contributed by atoms with Crippen molar-refractivity contribution in [2.24, 2.45) is 0 Å². The molecule has 2 heterocycles. The zero-order chi connectivity index (χ0) is 19.8. The number of hydrogen-bond donors (Lipinski definition) is 1. The Balaban J connectivity index is 1.65. The van der Waals surface area contributed by atoms with Crippen molar-refractivity contribution in [2.45, 2.75) is 20.3 Å². The van der Waals surface area contributed by atoms with Gasteiger partial charge in [-0.15, -0.1) is 5.10 Å². The first-order chi connectivity index (χ1) is 13.5. The van der Waals surface area contributed by atoms with Gasteiger partial charge in [-0.1, -0.05) is 35.9 Å². The van der Waals surface area contributed by atoms with Crippen LogP contribution < -0.4 is 10.2 Å². The van der Waals surface area contributed by atoms with Gasteiger partial charge in [0.1, 0.15) is 5.82 Å². The molecule has 0 bridgehead atoms. The maximum atomic E-state index is 12.8. The Bertz CT molecular complexity index is 1090. The number of anilines is 2. The number of carbonyl (C=O) groups excluding carboxylic acids is 2. The molecule has 0 aliphatic carbocycles. The Hall–Kier alpha value is -3.19. The lowest BCUT2D eigenvalue weighted by atomic mass is 10.1. The number of hydrogen-bond acceptors (Lipinski definition) is 4. The highest BCUT2D eigenvalue weighted by atomic mass is 35.5. The molecule has 2 amide bonds. The van der Waals surface area contributed by atoms with Gasteiger partial charge in [-0.3, -0.25) is 9.59 Å². The number of amides is 2. The minimum absolute atomic E-state index is 0.0300. The highest BCUT2D eigenvalue weighted by molar-refractivity contribution is 6.32. The number of aryl methyl sites for hydroxylation is 1. The van der Waals surface area contributed by atoms with Gasteiger partial charge in [0, 0.05) is 13.5 Å². The summed E-state index contributed by atoms with van der Waals surface area (Å²) in [5.74, 6) is 0.0689. The highest BCUT2D eigenvalue weighted by Crippen LogP contribution is 2.35. The molecule has 8 heteroatoms. The van der Waals surface area contributed by atoms with E-state index in [2.05, 4.69) is 15.4 Å². The third kappa shape index (κ3) is 3.14. The minimum atomic E-state index is -0.447. The van der Waals surface area contributed by atoms with Crippen molar-refractivity contribution in [1.82, 2.24) is 14.8 Å². The summed E-state index contributed by atoms with van der Waals surface area (Å²) in [5, 5.41) is 7.67. The fourth-order valence-corrected chi connectivity index (χ4v) is 3.60. The number of benzene rings is 2. The average molecular weight is 396 g/mol. The lowest BCUT2D eigenvalue weighted by Gasteiger charge is -2.18. The first-order valence-corrected chi connectivity index (χ1v) is 9.23. The number of carbonyl (C=O) groups is 2. The van der Waals surface area contributed by atoms with E-state index >= 15 is 0 Å². The molecule has 4 rings (SSSR count). The van der Waals surface area contributed by atoms with Gasteiger partial charge in [-0.2, -0.15) is 0 Å². The standard InChI is InChI=1S/C20H18ClN5O2/c1-12-22-19(24-26(12)17-9-4-3-7-15(17)21)20(28)23-16-8-5-6-14-10-11-25(13(2)27)18(14)16/h3-9H,10-11H2,1-2H3,(H,23,28). The summed E-state index contributed by atoms with van der Waals surface area (Å²) in [7, 11) is 0. The molecular weight excluding hydrogens is 378 g/mol. The van der Waals surface area contributed by atoms with Crippen LogP contribution >= 0.6 is 11.6 Å². The quantitative estimate of drug-likeness (QED) is 0.737. The fraction of sp³-hybridized carbons (Fsp3) is 0.200. The summed E-state index contributed by atoms with van der Waals surface area (Å²) in [5.41, 5.74) is 2.99. The molecule has 1 aliphatic heterocycles. The monoisotopic (exact) mass is 395 g/mol. The van der Waals surface area contributed by atoms with Crippen LogP contribution in [0.3, 0.4) is 0 Å². The van der Waals surface area contributed by atoms with E-state index in [-0.39, 0.29) is 11.7 Å². The molecule has 28 heavy (non-hydrogen) atoms. The lowest BCUT2D eigenvalue weighted by molar-refractivity contribution is -0.116. The molecule has 142 valence electrons. The van der Waals surface area contributed by atoms with E-state index in [4.69, 9.17) is 11.6 Å². The first kappa shape index (κ1) is 18.2. The van der Waals surface area contributed by atoms with Crippen molar-refractivity contribution in [2.75, 3.05) is 16.8 Å². The number of nitrogens with one attached hydrogen (secondary N) is 1. The van der Waals surface area contributed by atoms with Crippen LogP contribution in [0.1, 0.15) is 28.9 Å². The summed E-state index contributed by atoms with van der Waals surface area (Å²) < 4.78 is 1.54.